The van der Waals surface area contributed by atoms with E-state index in [-0.39, 0.29) is 18.2 Å². The maximum absolute atomic E-state index is 12.9. The Hall–Kier alpha value is -2.38. The van der Waals surface area contributed by atoms with E-state index in [2.05, 4.69) is 9.97 Å². The van der Waals surface area contributed by atoms with E-state index in [0.717, 1.165) is 18.3 Å². The minimum Gasteiger partial charge on any atom is -0.459 e. The lowest BCUT2D eigenvalue weighted by atomic mass is 10.2. The molecule has 0 unspecified atom stereocenters. The molecule has 0 aliphatic rings. The van der Waals surface area contributed by atoms with Crippen molar-refractivity contribution in [1.29, 1.82) is 0 Å². The number of nitrogen functional groups attached to an aromatic ring is 1. The van der Waals surface area contributed by atoms with Gasteiger partial charge in [0, 0.05) is 0 Å². The van der Waals surface area contributed by atoms with Crippen molar-refractivity contribution in [2.75, 3.05) is 5.73 Å². The molecule has 1 aromatic heterocycles. The van der Waals surface area contributed by atoms with Crippen LogP contribution < -0.4 is 10.5 Å². The second kappa shape index (κ2) is 5.09. The first kappa shape index (κ1) is 13.1. The van der Waals surface area contributed by atoms with Gasteiger partial charge in [0.15, 0.2) is 29.1 Å². The maximum atomic E-state index is 12.9. The van der Waals surface area contributed by atoms with Gasteiger partial charge in [-0.15, -0.1) is 0 Å². The number of halogens is 4. The van der Waals surface area contributed by atoms with Gasteiger partial charge in [0.05, 0.1) is 6.20 Å². The normalized spacial score (nSPS) is 10.5. The molecule has 8 heteroatoms. The van der Waals surface area contributed by atoms with Crippen LogP contribution in [0.15, 0.2) is 18.3 Å². The van der Waals surface area contributed by atoms with E-state index in [1.807, 2.05) is 0 Å². The summed E-state index contributed by atoms with van der Waals surface area (Å²) in [5.41, 5.74) is 5.21. The van der Waals surface area contributed by atoms with Crippen molar-refractivity contribution in [3.8, 4) is 6.01 Å². The average molecular weight is 273 g/mol. The number of rotatable bonds is 3. The highest BCUT2D eigenvalue weighted by atomic mass is 19.2. The van der Waals surface area contributed by atoms with Gasteiger partial charge in [-0.25, -0.2) is 22.5 Å². The standard InChI is InChI=1S/C11H7F4N3O/c12-6-1-5(2-7(13)9(6)15)4-19-11-17-3-8(14)10(16)18-11/h1-3H,4H2,(H2,16,17,18). The number of hydrogen-bond acceptors (Lipinski definition) is 4. The predicted octanol–water partition coefficient (Wildman–Crippen LogP) is 2.19. The number of nitrogens with zero attached hydrogens (tertiary/aromatic N) is 2. The third kappa shape index (κ3) is 2.90. The first-order valence-corrected chi connectivity index (χ1v) is 5.01. The first-order chi connectivity index (χ1) is 8.97. The van der Waals surface area contributed by atoms with Crippen molar-refractivity contribution in [1.82, 2.24) is 9.97 Å². The zero-order valence-electron chi connectivity index (χ0n) is 9.33. The topological polar surface area (TPSA) is 61.0 Å². The molecule has 0 aliphatic carbocycles. The van der Waals surface area contributed by atoms with E-state index in [0.29, 0.717) is 0 Å². The fourth-order valence-corrected chi connectivity index (χ4v) is 1.27. The lowest BCUT2D eigenvalue weighted by Crippen LogP contribution is -2.04. The van der Waals surface area contributed by atoms with Crippen LogP contribution in [0.25, 0.3) is 0 Å². The molecule has 1 aromatic carbocycles. The molecular formula is C11H7F4N3O. The Bertz CT molecular complexity index is 598. The second-order valence-corrected chi connectivity index (χ2v) is 3.55. The summed E-state index contributed by atoms with van der Waals surface area (Å²) < 4.78 is 56.2. The summed E-state index contributed by atoms with van der Waals surface area (Å²) in [6.45, 7) is -0.320. The van der Waals surface area contributed by atoms with Crippen LogP contribution in [0.3, 0.4) is 0 Å². The molecule has 0 fully saturated rings. The van der Waals surface area contributed by atoms with Crippen LogP contribution in [0.4, 0.5) is 23.4 Å². The Balaban J connectivity index is 2.12. The number of aromatic nitrogens is 2. The lowest BCUT2D eigenvalue weighted by molar-refractivity contribution is 0.278. The van der Waals surface area contributed by atoms with Crippen molar-refractivity contribution in [2.45, 2.75) is 6.61 Å². The molecule has 19 heavy (non-hydrogen) atoms. The smallest absolute Gasteiger partial charge is 0.318 e. The fourth-order valence-electron chi connectivity index (χ4n) is 1.27. The van der Waals surface area contributed by atoms with Crippen molar-refractivity contribution < 1.29 is 22.3 Å². The van der Waals surface area contributed by atoms with Gasteiger partial charge in [-0.1, -0.05) is 0 Å². The number of benzene rings is 1. The molecule has 0 amide bonds. The Kier molecular flexibility index (Phi) is 3.50. The molecule has 4 nitrogen and oxygen atoms in total. The molecule has 0 bridgehead atoms. The summed E-state index contributed by atoms with van der Waals surface area (Å²) in [6.07, 6.45) is 0.795. The van der Waals surface area contributed by atoms with Crippen molar-refractivity contribution >= 4 is 5.82 Å². The molecule has 0 spiro atoms. The minimum atomic E-state index is -1.56. The third-order valence-corrected chi connectivity index (χ3v) is 2.16. The maximum Gasteiger partial charge on any atom is 0.318 e. The molecule has 2 rings (SSSR count). The van der Waals surface area contributed by atoms with Crippen LogP contribution >= 0.6 is 0 Å². The van der Waals surface area contributed by atoms with Crippen molar-refractivity contribution in [3.63, 3.8) is 0 Å². The van der Waals surface area contributed by atoms with E-state index in [1.54, 1.807) is 0 Å². The minimum absolute atomic E-state index is 0.0305. The molecule has 0 radical (unpaired) electrons. The molecule has 0 aliphatic heterocycles. The van der Waals surface area contributed by atoms with E-state index >= 15 is 0 Å². The molecule has 2 N–H and O–H groups in total. The highest BCUT2D eigenvalue weighted by Gasteiger charge is 2.11. The Morgan fingerprint density at radius 3 is 2.26 bits per heavy atom. The van der Waals surface area contributed by atoms with Crippen LogP contribution in [0.2, 0.25) is 0 Å². The number of hydrogen-bond donors (Lipinski definition) is 1. The third-order valence-electron chi connectivity index (χ3n) is 2.16. The van der Waals surface area contributed by atoms with Crippen molar-refractivity contribution in [2.24, 2.45) is 0 Å². The lowest BCUT2D eigenvalue weighted by Gasteiger charge is -2.06. The van der Waals surface area contributed by atoms with Crippen molar-refractivity contribution in [3.05, 3.63) is 47.2 Å². The van der Waals surface area contributed by atoms with E-state index in [9.17, 15) is 17.6 Å². The molecule has 0 saturated carbocycles. The van der Waals surface area contributed by atoms with Gasteiger partial charge >= 0.3 is 6.01 Å². The van der Waals surface area contributed by atoms with Crippen LogP contribution in [-0.4, -0.2) is 9.97 Å². The van der Waals surface area contributed by atoms with Gasteiger partial charge in [-0.3, -0.25) is 0 Å². The van der Waals surface area contributed by atoms with Crippen LogP contribution in [0.5, 0.6) is 6.01 Å². The molecule has 0 atom stereocenters. The highest BCUT2D eigenvalue weighted by Crippen LogP contribution is 2.16. The number of nitrogens with two attached hydrogens (primary N) is 1. The van der Waals surface area contributed by atoms with Gasteiger partial charge in [0.25, 0.3) is 0 Å². The molecule has 2 aromatic rings. The average Bonchev–Trinajstić information content (AvgIpc) is 2.37. The summed E-state index contributed by atoms with van der Waals surface area (Å²) >= 11 is 0. The SMILES string of the molecule is Nc1nc(OCc2cc(F)c(F)c(F)c2)ncc1F. The molecular weight excluding hydrogens is 266 g/mol. The monoisotopic (exact) mass is 273 g/mol. The Morgan fingerprint density at radius 1 is 1.05 bits per heavy atom. The quantitative estimate of drug-likeness (QED) is 0.688. The van der Waals surface area contributed by atoms with Gasteiger partial charge in [-0.2, -0.15) is 4.98 Å². The summed E-state index contributed by atoms with van der Waals surface area (Å²) in [5, 5.41) is 0. The predicted molar refractivity (Wildman–Crippen MR) is 57.1 cm³/mol. The number of ether oxygens (including phenoxy) is 1. The molecule has 0 saturated heterocycles. The summed E-state index contributed by atoms with van der Waals surface area (Å²) in [7, 11) is 0. The summed E-state index contributed by atoms with van der Waals surface area (Å²) in [4.78, 5) is 6.92. The fraction of sp³-hybridized carbons (Fsp3) is 0.0909. The second-order valence-electron chi connectivity index (χ2n) is 3.55. The van der Waals surface area contributed by atoms with E-state index in [4.69, 9.17) is 10.5 Å². The van der Waals surface area contributed by atoms with Gasteiger partial charge in [0.1, 0.15) is 6.61 Å². The van der Waals surface area contributed by atoms with Gasteiger partial charge in [-0.05, 0) is 17.7 Å². The van der Waals surface area contributed by atoms with Gasteiger partial charge in [0.2, 0.25) is 0 Å². The van der Waals surface area contributed by atoms with E-state index in [1.165, 1.54) is 0 Å². The Labute approximate surface area is 104 Å². The molecule has 100 valence electrons. The van der Waals surface area contributed by atoms with E-state index < -0.39 is 29.1 Å². The zero-order chi connectivity index (χ0) is 14.0. The largest absolute Gasteiger partial charge is 0.459 e. The van der Waals surface area contributed by atoms with Gasteiger partial charge < -0.3 is 10.5 Å². The molecule has 1 heterocycles. The number of anilines is 1. The summed E-state index contributed by atoms with van der Waals surface area (Å²) in [6, 6.07) is 1.28. The highest BCUT2D eigenvalue weighted by molar-refractivity contribution is 5.29. The Morgan fingerprint density at radius 2 is 1.68 bits per heavy atom. The van der Waals surface area contributed by atoms with Crippen LogP contribution in [-0.2, 0) is 6.61 Å². The van der Waals surface area contributed by atoms with Crippen LogP contribution in [0, 0.1) is 23.3 Å². The zero-order valence-corrected chi connectivity index (χ0v) is 9.33. The summed E-state index contributed by atoms with van der Waals surface area (Å²) in [5.74, 6) is -5.46. The first-order valence-electron chi connectivity index (χ1n) is 5.01. The van der Waals surface area contributed by atoms with Crippen LogP contribution in [0.1, 0.15) is 5.56 Å².